The van der Waals surface area contributed by atoms with Gasteiger partial charge in [0.05, 0.1) is 11.3 Å². The molecule has 122 valence electrons. The van der Waals surface area contributed by atoms with E-state index < -0.39 is 5.41 Å². The molecule has 0 aliphatic rings. The molecular weight excluding hydrogens is 304 g/mol. The number of hydrogen-bond acceptors (Lipinski definition) is 5. The third-order valence-corrected chi connectivity index (χ3v) is 3.41. The molecule has 6 heteroatoms. The van der Waals surface area contributed by atoms with Crippen LogP contribution in [0, 0.1) is 5.41 Å². The summed E-state index contributed by atoms with van der Waals surface area (Å²) >= 11 is 0. The number of nitrogens with zero attached hydrogens (tertiary/aromatic N) is 3. The van der Waals surface area contributed by atoms with Gasteiger partial charge in [0.25, 0.3) is 5.89 Å². The molecule has 3 rings (SSSR count). The Labute approximate surface area is 139 Å². The van der Waals surface area contributed by atoms with Gasteiger partial charge in [-0.2, -0.15) is 4.98 Å². The van der Waals surface area contributed by atoms with Crippen LogP contribution < -0.4 is 5.32 Å². The van der Waals surface area contributed by atoms with Gasteiger partial charge < -0.3 is 9.84 Å². The van der Waals surface area contributed by atoms with Gasteiger partial charge in [-0.05, 0) is 24.3 Å². The van der Waals surface area contributed by atoms with Gasteiger partial charge in [0.2, 0.25) is 11.7 Å². The topological polar surface area (TPSA) is 80.9 Å². The summed E-state index contributed by atoms with van der Waals surface area (Å²) < 4.78 is 5.36. The van der Waals surface area contributed by atoms with Crippen molar-refractivity contribution in [1.29, 1.82) is 0 Å². The summed E-state index contributed by atoms with van der Waals surface area (Å²) in [7, 11) is 0. The predicted octanol–water partition coefficient (Wildman–Crippen LogP) is 3.78. The number of hydrogen-bond donors (Lipinski definition) is 1. The molecule has 0 atom stereocenters. The van der Waals surface area contributed by atoms with Gasteiger partial charge in [0, 0.05) is 11.6 Å². The molecule has 0 unspecified atom stereocenters. The maximum absolute atomic E-state index is 12.3. The molecule has 1 aromatic carbocycles. The number of para-hydroxylation sites is 1. The highest BCUT2D eigenvalue weighted by molar-refractivity contribution is 5.97. The van der Waals surface area contributed by atoms with E-state index in [0.29, 0.717) is 28.7 Å². The monoisotopic (exact) mass is 322 g/mol. The molecule has 2 aromatic heterocycles. The summed E-state index contributed by atoms with van der Waals surface area (Å²) in [5.41, 5.74) is 1.43. The number of anilines is 1. The van der Waals surface area contributed by atoms with Crippen LogP contribution in [0.1, 0.15) is 20.8 Å². The third-order valence-electron chi connectivity index (χ3n) is 3.41. The van der Waals surface area contributed by atoms with Crippen LogP contribution in [0.3, 0.4) is 0 Å². The van der Waals surface area contributed by atoms with Gasteiger partial charge in [-0.15, -0.1) is 0 Å². The van der Waals surface area contributed by atoms with Crippen LogP contribution in [0.5, 0.6) is 0 Å². The highest BCUT2D eigenvalue weighted by Crippen LogP contribution is 2.29. The Hall–Kier alpha value is -3.02. The SMILES string of the molecule is CC(C)(C)C(=O)Nc1ccccc1-c1nc(-c2ccccn2)no1. The highest BCUT2D eigenvalue weighted by atomic mass is 16.5. The molecule has 1 amide bonds. The number of rotatable bonds is 3. The fourth-order valence-corrected chi connectivity index (χ4v) is 2.02. The van der Waals surface area contributed by atoms with Gasteiger partial charge >= 0.3 is 0 Å². The Morgan fingerprint density at radius 1 is 1.08 bits per heavy atom. The van der Waals surface area contributed by atoms with Crippen molar-refractivity contribution in [2.45, 2.75) is 20.8 Å². The maximum atomic E-state index is 12.3. The van der Waals surface area contributed by atoms with Crippen LogP contribution in [0.2, 0.25) is 0 Å². The van der Waals surface area contributed by atoms with Crippen molar-refractivity contribution < 1.29 is 9.32 Å². The minimum atomic E-state index is -0.499. The summed E-state index contributed by atoms with van der Waals surface area (Å²) in [6.45, 7) is 5.57. The summed E-state index contributed by atoms with van der Waals surface area (Å²) in [5, 5.41) is 6.89. The summed E-state index contributed by atoms with van der Waals surface area (Å²) in [6, 6.07) is 12.8. The second-order valence-electron chi connectivity index (χ2n) is 6.39. The highest BCUT2D eigenvalue weighted by Gasteiger charge is 2.23. The van der Waals surface area contributed by atoms with Gasteiger partial charge in [-0.1, -0.05) is 44.1 Å². The lowest BCUT2D eigenvalue weighted by molar-refractivity contribution is -0.123. The smallest absolute Gasteiger partial charge is 0.260 e. The van der Waals surface area contributed by atoms with Crippen molar-refractivity contribution in [3.05, 3.63) is 48.7 Å². The number of benzene rings is 1. The Bertz CT molecular complexity index is 851. The van der Waals surface area contributed by atoms with Crippen molar-refractivity contribution in [2.75, 3.05) is 5.32 Å². The Morgan fingerprint density at radius 2 is 1.83 bits per heavy atom. The van der Waals surface area contributed by atoms with Crippen LogP contribution in [-0.2, 0) is 4.79 Å². The molecule has 0 radical (unpaired) electrons. The molecule has 1 N–H and O–H groups in total. The molecular formula is C18H18N4O2. The van der Waals surface area contributed by atoms with E-state index in [2.05, 4.69) is 20.4 Å². The number of nitrogens with one attached hydrogen (secondary N) is 1. The van der Waals surface area contributed by atoms with Crippen molar-refractivity contribution >= 4 is 11.6 Å². The zero-order valence-electron chi connectivity index (χ0n) is 13.8. The van der Waals surface area contributed by atoms with Crippen molar-refractivity contribution in [3.8, 4) is 23.0 Å². The molecule has 0 fully saturated rings. The predicted molar refractivity (Wildman–Crippen MR) is 91.0 cm³/mol. The molecule has 2 heterocycles. The molecule has 24 heavy (non-hydrogen) atoms. The lowest BCUT2D eigenvalue weighted by Gasteiger charge is -2.18. The van der Waals surface area contributed by atoms with E-state index in [1.807, 2.05) is 63.2 Å². The second kappa shape index (κ2) is 6.23. The van der Waals surface area contributed by atoms with E-state index in [1.54, 1.807) is 6.20 Å². The fourth-order valence-electron chi connectivity index (χ4n) is 2.02. The minimum absolute atomic E-state index is 0.0839. The molecule has 0 bridgehead atoms. The molecule has 0 saturated heterocycles. The maximum Gasteiger partial charge on any atom is 0.260 e. The number of aromatic nitrogens is 3. The largest absolute Gasteiger partial charge is 0.333 e. The number of carbonyl (C=O) groups is 1. The van der Waals surface area contributed by atoms with Gasteiger partial charge in [0.15, 0.2) is 0 Å². The molecule has 6 nitrogen and oxygen atoms in total. The van der Waals surface area contributed by atoms with E-state index in [1.165, 1.54) is 0 Å². The zero-order chi connectivity index (χ0) is 17.2. The Morgan fingerprint density at radius 3 is 2.54 bits per heavy atom. The van der Waals surface area contributed by atoms with Gasteiger partial charge in [-0.3, -0.25) is 9.78 Å². The van der Waals surface area contributed by atoms with Gasteiger partial charge in [0.1, 0.15) is 5.69 Å². The molecule has 0 aliphatic carbocycles. The van der Waals surface area contributed by atoms with E-state index in [4.69, 9.17) is 4.52 Å². The second-order valence-corrected chi connectivity index (χ2v) is 6.39. The number of amides is 1. The molecule has 0 aliphatic heterocycles. The molecule has 3 aromatic rings. The number of carbonyl (C=O) groups excluding carboxylic acids is 1. The van der Waals surface area contributed by atoms with Crippen molar-refractivity contribution in [2.24, 2.45) is 5.41 Å². The van der Waals surface area contributed by atoms with Crippen LogP contribution in [-0.4, -0.2) is 21.0 Å². The van der Waals surface area contributed by atoms with E-state index >= 15 is 0 Å². The zero-order valence-corrected chi connectivity index (χ0v) is 13.8. The lowest BCUT2D eigenvalue weighted by Crippen LogP contribution is -2.27. The van der Waals surface area contributed by atoms with Crippen molar-refractivity contribution in [3.63, 3.8) is 0 Å². The first-order valence-electron chi connectivity index (χ1n) is 7.61. The number of pyridine rings is 1. The Balaban J connectivity index is 1.94. The minimum Gasteiger partial charge on any atom is -0.333 e. The van der Waals surface area contributed by atoms with Crippen LogP contribution >= 0.6 is 0 Å². The first-order chi connectivity index (χ1) is 11.4. The standard InChI is InChI=1S/C18H18N4O2/c1-18(2,3)17(23)20-13-9-5-4-8-12(13)16-21-15(22-24-16)14-10-6-7-11-19-14/h4-11H,1-3H3,(H,20,23). The van der Waals surface area contributed by atoms with E-state index in [-0.39, 0.29) is 5.91 Å². The van der Waals surface area contributed by atoms with Crippen molar-refractivity contribution in [1.82, 2.24) is 15.1 Å². The van der Waals surface area contributed by atoms with Crippen LogP contribution in [0.25, 0.3) is 23.0 Å². The first kappa shape index (κ1) is 15.9. The quantitative estimate of drug-likeness (QED) is 0.793. The van der Waals surface area contributed by atoms with Crippen LogP contribution in [0.4, 0.5) is 5.69 Å². The van der Waals surface area contributed by atoms with E-state index in [0.717, 1.165) is 0 Å². The first-order valence-corrected chi connectivity index (χ1v) is 7.61. The van der Waals surface area contributed by atoms with Crippen LogP contribution in [0.15, 0.2) is 53.2 Å². The molecule has 0 spiro atoms. The summed E-state index contributed by atoms with van der Waals surface area (Å²) in [5.74, 6) is 0.655. The average molecular weight is 322 g/mol. The summed E-state index contributed by atoms with van der Waals surface area (Å²) in [6.07, 6.45) is 1.67. The summed E-state index contributed by atoms with van der Waals surface area (Å²) in [4.78, 5) is 20.9. The molecule has 0 saturated carbocycles. The average Bonchev–Trinajstić information content (AvgIpc) is 3.05. The Kier molecular flexibility index (Phi) is 4.12. The van der Waals surface area contributed by atoms with Gasteiger partial charge in [-0.25, -0.2) is 0 Å². The third kappa shape index (κ3) is 3.32. The fraction of sp³-hybridized carbons (Fsp3) is 0.222. The van der Waals surface area contributed by atoms with E-state index in [9.17, 15) is 4.79 Å². The lowest BCUT2D eigenvalue weighted by atomic mass is 9.95. The normalized spacial score (nSPS) is 11.3.